The first-order valence-electron chi connectivity index (χ1n) is 13.4. The number of carboxylic acid groups (broad SMARTS) is 2. The van der Waals surface area contributed by atoms with Crippen molar-refractivity contribution in [3.8, 4) is 0 Å². The van der Waals surface area contributed by atoms with Crippen LogP contribution in [-0.2, 0) is 20.7 Å². The number of thioether (sulfide) groups is 1. The monoisotopic (exact) mass is 574 g/mol. The van der Waals surface area contributed by atoms with Gasteiger partial charge in [0.15, 0.2) is 12.1 Å². The van der Waals surface area contributed by atoms with Crippen molar-refractivity contribution in [1.82, 2.24) is 5.32 Å². The lowest BCUT2D eigenvalue weighted by molar-refractivity contribution is -0.150. The molecule has 1 aliphatic rings. The van der Waals surface area contributed by atoms with Gasteiger partial charge in [0.1, 0.15) is 6.04 Å². The molecule has 220 valence electrons. The minimum atomic E-state index is -1.00. The summed E-state index contributed by atoms with van der Waals surface area (Å²) >= 11 is 1.94. The molecule has 1 heterocycles. The number of carbonyl (C=O) groups is 2. The van der Waals surface area contributed by atoms with E-state index < -0.39 is 24.1 Å². The summed E-state index contributed by atoms with van der Waals surface area (Å²) in [4.78, 5) is 25.3. The second kappa shape index (κ2) is 18.0. The van der Waals surface area contributed by atoms with Crippen molar-refractivity contribution in [3.63, 3.8) is 0 Å². The van der Waals surface area contributed by atoms with Crippen LogP contribution in [-0.4, -0.2) is 78.8 Å². The number of nitrogens with one attached hydrogen (secondary N) is 3. The van der Waals surface area contributed by atoms with Crippen molar-refractivity contribution in [3.05, 3.63) is 54.1 Å². The summed E-state index contributed by atoms with van der Waals surface area (Å²) in [5.74, 6) is -0.885. The Labute approximate surface area is 240 Å². The third kappa shape index (κ3) is 12.1. The highest BCUT2D eigenvalue weighted by atomic mass is 32.2. The Kier molecular flexibility index (Phi) is 14.7. The molecule has 0 spiro atoms. The molecule has 9 N–H and O–H groups in total. The van der Waals surface area contributed by atoms with Gasteiger partial charge in [0.05, 0.1) is 5.69 Å². The Morgan fingerprint density at radius 2 is 1.82 bits per heavy atom. The molecule has 0 aliphatic carbocycles. The van der Waals surface area contributed by atoms with Gasteiger partial charge in [0, 0.05) is 55.5 Å². The highest BCUT2D eigenvalue weighted by molar-refractivity contribution is 7.99. The zero-order valence-corrected chi connectivity index (χ0v) is 23.8. The van der Waals surface area contributed by atoms with E-state index >= 15 is 0 Å². The van der Waals surface area contributed by atoms with Crippen LogP contribution in [0.15, 0.2) is 53.4 Å². The number of rotatable bonds is 15. The molecule has 12 heteroatoms. The van der Waals surface area contributed by atoms with E-state index in [1.165, 1.54) is 10.6 Å². The van der Waals surface area contributed by atoms with E-state index in [1.807, 2.05) is 43.0 Å². The molecule has 2 unspecified atom stereocenters. The largest absolute Gasteiger partial charge is 0.480 e. The van der Waals surface area contributed by atoms with Crippen molar-refractivity contribution >= 4 is 41.0 Å². The number of nitrogens with two attached hydrogens (primary N) is 2. The molecular formula is C28H42N6O5S. The molecule has 2 aromatic rings. The minimum absolute atomic E-state index is 0.112. The van der Waals surface area contributed by atoms with Crippen molar-refractivity contribution < 1.29 is 24.5 Å². The summed E-state index contributed by atoms with van der Waals surface area (Å²) in [6.45, 7) is 5.73. The van der Waals surface area contributed by atoms with Crippen molar-refractivity contribution in [1.29, 1.82) is 5.41 Å². The number of nitrogens with zero attached hydrogens (tertiary/aromatic N) is 1. The predicted molar refractivity (Wildman–Crippen MR) is 160 cm³/mol. The number of guanidine groups is 1. The van der Waals surface area contributed by atoms with Crippen LogP contribution < -0.4 is 27.0 Å². The van der Waals surface area contributed by atoms with E-state index in [1.54, 1.807) is 0 Å². The van der Waals surface area contributed by atoms with E-state index in [0.29, 0.717) is 32.4 Å². The van der Waals surface area contributed by atoms with E-state index in [4.69, 9.17) is 26.7 Å². The molecule has 1 aliphatic heterocycles. The zero-order valence-electron chi connectivity index (χ0n) is 23.0. The standard InChI is InChI=1S/C22H28N2O3S.C6H14N4O2/c1-2-27-20(22(25)26)16-17-8-10-18(11-9-17)23-12-5-13-24-14-15-28-21-7-4-3-6-19(21)24;7-4(5(11)12)2-1-3-10-6(8)9/h3-4,6-11,20,23H,2,5,12-16H2,1H3,(H,25,26);4H,1-3,7H2,(H,11,12)(H4,8,9,10). The molecule has 0 aromatic heterocycles. The molecule has 40 heavy (non-hydrogen) atoms. The summed E-state index contributed by atoms with van der Waals surface area (Å²) in [6, 6.07) is 15.8. The maximum atomic E-state index is 11.2. The van der Waals surface area contributed by atoms with Crippen molar-refractivity contribution in [2.45, 2.75) is 49.6 Å². The van der Waals surface area contributed by atoms with Crippen LogP contribution in [0.5, 0.6) is 0 Å². The van der Waals surface area contributed by atoms with Gasteiger partial charge >= 0.3 is 11.9 Å². The first-order valence-corrected chi connectivity index (χ1v) is 14.4. The van der Waals surface area contributed by atoms with Gasteiger partial charge in [0.25, 0.3) is 0 Å². The van der Waals surface area contributed by atoms with Gasteiger partial charge in [0.2, 0.25) is 0 Å². The molecule has 0 saturated heterocycles. The van der Waals surface area contributed by atoms with Crippen LogP contribution in [0.2, 0.25) is 0 Å². The van der Waals surface area contributed by atoms with Gasteiger partial charge in [-0.1, -0.05) is 24.3 Å². The summed E-state index contributed by atoms with van der Waals surface area (Å²) in [5, 5.41) is 30.4. The Balaban J connectivity index is 0.000000395. The summed E-state index contributed by atoms with van der Waals surface area (Å²) in [5.41, 5.74) is 13.6. The molecule has 2 aromatic carbocycles. The van der Waals surface area contributed by atoms with E-state index in [-0.39, 0.29) is 5.96 Å². The third-order valence-corrected chi connectivity index (χ3v) is 7.14. The number of hydrogen-bond donors (Lipinski definition) is 7. The number of hydrogen-bond acceptors (Lipinski definition) is 8. The molecule has 0 radical (unpaired) electrons. The predicted octanol–water partition coefficient (Wildman–Crippen LogP) is 2.79. The zero-order chi connectivity index (χ0) is 29.3. The van der Waals surface area contributed by atoms with Gasteiger partial charge in [-0.15, -0.1) is 11.8 Å². The number of ether oxygens (including phenoxy) is 1. The fourth-order valence-electron chi connectivity index (χ4n) is 4.02. The second-order valence-electron chi connectivity index (χ2n) is 9.19. The first-order chi connectivity index (χ1) is 19.2. The lowest BCUT2D eigenvalue weighted by Gasteiger charge is -2.30. The molecule has 0 saturated carbocycles. The van der Waals surface area contributed by atoms with Crippen LogP contribution in [0.1, 0.15) is 31.7 Å². The second-order valence-corrected chi connectivity index (χ2v) is 10.3. The summed E-state index contributed by atoms with van der Waals surface area (Å²) in [6.07, 6.45) is 1.64. The maximum Gasteiger partial charge on any atom is 0.333 e. The topological polar surface area (TPSA) is 187 Å². The van der Waals surface area contributed by atoms with Crippen LogP contribution in [0.25, 0.3) is 0 Å². The fraction of sp³-hybridized carbons (Fsp3) is 0.464. The molecule has 3 rings (SSSR count). The fourth-order valence-corrected chi connectivity index (χ4v) is 5.07. The van der Waals surface area contributed by atoms with Gasteiger partial charge < -0.3 is 42.0 Å². The third-order valence-electron chi connectivity index (χ3n) is 6.10. The van der Waals surface area contributed by atoms with E-state index in [2.05, 4.69) is 39.8 Å². The molecule has 2 atom stereocenters. The lowest BCUT2D eigenvalue weighted by atomic mass is 10.1. The lowest BCUT2D eigenvalue weighted by Crippen LogP contribution is -2.34. The quantitative estimate of drug-likeness (QED) is 0.0941. The Morgan fingerprint density at radius 1 is 1.10 bits per heavy atom. The highest BCUT2D eigenvalue weighted by Crippen LogP contribution is 2.34. The normalized spacial score (nSPS) is 13.7. The molecule has 0 amide bonds. The Hall–Kier alpha value is -3.48. The number of benzene rings is 2. The minimum Gasteiger partial charge on any atom is -0.480 e. The number of para-hydroxylation sites is 1. The first kappa shape index (κ1) is 32.7. The van der Waals surface area contributed by atoms with E-state index in [0.717, 1.165) is 43.1 Å². The number of carboxylic acids is 2. The summed E-state index contributed by atoms with van der Waals surface area (Å²) < 4.78 is 5.28. The van der Waals surface area contributed by atoms with Crippen LogP contribution in [0.3, 0.4) is 0 Å². The van der Waals surface area contributed by atoms with Crippen LogP contribution >= 0.6 is 11.8 Å². The molecular weight excluding hydrogens is 532 g/mol. The molecule has 11 nitrogen and oxygen atoms in total. The van der Waals surface area contributed by atoms with E-state index in [9.17, 15) is 14.7 Å². The number of anilines is 2. The number of aliphatic carboxylic acids is 2. The van der Waals surface area contributed by atoms with Crippen LogP contribution in [0.4, 0.5) is 11.4 Å². The maximum absolute atomic E-state index is 11.2. The average molecular weight is 575 g/mol. The van der Waals surface area contributed by atoms with Crippen molar-refractivity contribution in [2.24, 2.45) is 11.5 Å². The van der Waals surface area contributed by atoms with Crippen molar-refractivity contribution in [2.75, 3.05) is 48.8 Å². The summed E-state index contributed by atoms with van der Waals surface area (Å²) in [7, 11) is 0. The molecule has 0 bridgehead atoms. The van der Waals surface area contributed by atoms with Gasteiger partial charge in [-0.2, -0.15) is 0 Å². The smallest absolute Gasteiger partial charge is 0.333 e. The SMILES string of the molecule is CCOC(Cc1ccc(NCCCN2CCSc3ccccc32)cc1)C(=O)O.N=C(N)NCCCC(N)C(=O)O. The van der Waals surface area contributed by atoms with Gasteiger partial charge in [-0.05, 0) is 56.0 Å². The Bertz CT molecular complexity index is 1070. The van der Waals surface area contributed by atoms with Crippen LogP contribution in [0, 0.1) is 5.41 Å². The molecule has 0 fully saturated rings. The van der Waals surface area contributed by atoms with Gasteiger partial charge in [-0.25, -0.2) is 4.79 Å². The highest BCUT2D eigenvalue weighted by Gasteiger charge is 2.18. The van der Waals surface area contributed by atoms with Gasteiger partial charge in [-0.3, -0.25) is 10.2 Å². The Morgan fingerprint density at radius 3 is 2.48 bits per heavy atom. The average Bonchev–Trinajstić information content (AvgIpc) is 2.94. The number of fused-ring (bicyclic) bond motifs is 1.